The van der Waals surface area contributed by atoms with Crippen molar-refractivity contribution in [3.05, 3.63) is 42.1 Å². The Kier molecular flexibility index (Phi) is 4.69. The van der Waals surface area contributed by atoms with E-state index in [0.717, 1.165) is 18.8 Å². The lowest BCUT2D eigenvalue weighted by Crippen LogP contribution is -1.97. The molecule has 19 heavy (non-hydrogen) atoms. The Hall–Kier alpha value is -2.14. The van der Waals surface area contributed by atoms with Crippen molar-refractivity contribution in [3.63, 3.8) is 0 Å². The van der Waals surface area contributed by atoms with Crippen LogP contribution < -0.4 is 10.1 Å². The molecule has 0 saturated carbocycles. The van der Waals surface area contributed by atoms with E-state index in [1.807, 2.05) is 24.3 Å². The van der Waals surface area contributed by atoms with Gasteiger partial charge in [-0.15, -0.1) is 0 Å². The third-order valence-electron chi connectivity index (χ3n) is 2.59. The fourth-order valence-corrected chi connectivity index (χ4v) is 1.58. The Morgan fingerprint density at radius 3 is 2.63 bits per heavy atom. The number of aromatic nitrogens is 2. The summed E-state index contributed by atoms with van der Waals surface area (Å²) in [4.78, 5) is 8.23. The molecule has 1 aromatic carbocycles. The zero-order chi connectivity index (χ0) is 13.5. The molecule has 2 aromatic rings. The molecule has 5 nitrogen and oxygen atoms in total. The van der Waals surface area contributed by atoms with E-state index in [2.05, 4.69) is 15.3 Å². The number of nitrogens with one attached hydrogen (secondary N) is 1. The van der Waals surface area contributed by atoms with Crippen molar-refractivity contribution >= 4 is 5.95 Å². The summed E-state index contributed by atoms with van der Waals surface area (Å²) in [6.07, 6.45) is 2.55. The van der Waals surface area contributed by atoms with Gasteiger partial charge in [-0.25, -0.2) is 4.98 Å². The van der Waals surface area contributed by atoms with Gasteiger partial charge in [0.25, 0.3) is 0 Å². The van der Waals surface area contributed by atoms with Crippen molar-refractivity contribution in [1.29, 1.82) is 0 Å². The third-order valence-corrected chi connectivity index (χ3v) is 2.59. The fraction of sp³-hybridized carbons (Fsp3) is 0.286. The highest BCUT2D eigenvalue weighted by atomic mass is 16.5. The zero-order valence-corrected chi connectivity index (χ0v) is 11.1. The van der Waals surface area contributed by atoms with Gasteiger partial charge in [-0.3, -0.25) is 0 Å². The molecule has 0 fully saturated rings. The van der Waals surface area contributed by atoms with Gasteiger partial charge in [0, 0.05) is 26.4 Å². The summed E-state index contributed by atoms with van der Waals surface area (Å²) in [5, 5.41) is 2.87. The highest BCUT2D eigenvalue weighted by molar-refractivity contribution is 5.32. The summed E-state index contributed by atoms with van der Waals surface area (Å²) in [6, 6.07) is 9.61. The molecule has 1 N–H and O–H groups in total. The first-order valence-electron chi connectivity index (χ1n) is 6.08. The largest absolute Gasteiger partial charge is 0.439 e. The molecule has 2 rings (SSSR count). The van der Waals surface area contributed by atoms with Gasteiger partial charge >= 0.3 is 0 Å². The van der Waals surface area contributed by atoms with Crippen LogP contribution in [0.1, 0.15) is 5.56 Å². The summed E-state index contributed by atoms with van der Waals surface area (Å²) in [7, 11) is 3.47. The number of ether oxygens (including phenoxy) is 2. The molecule has 100 valence electrons. The number of hydrogen-bond acceptors (Lipinski definition) is 5. The second-order valence-corrected chi connectivity index (χ2v) is 3.96. The van der Waals surface area contributed by atoms with E-state index < -0.39 is 0 Å². The van der Waals surface area contributed by atoms with Crippen LogP contribution in [0.4, 0.5) is 5.95 Å². The topological polar surface area (TPSA) is 56.3 Å². The SMILES string of the molecule is CNc1nccc(Oc2ccc(CCOC)cc2)n1. The molecular weight excluding hydrogens is 242 g/mol. The van der Waals surface area contributed by atoms with Gasteiger partial charge < -0.3 is 14.8 Å². The van der Waals surface area contributed by atoms with Crippen LogP contribution in [0.2, 0.25) is 0 Å². The second kappa shape index (κ2) is 6.70. The van der Waals surface area contributed by atoms with E-state index in [-0.39, 0.29) is 0 Å². The van der Waals surface area contributed by atoms with Crippen molar-refractivity contribution < 1.29 is 9.47 Å². The van der Waals surface area contributed by atoms with Crippen molar-refractivity contribution in [1.82, 2.24) is 9.97 Å². The highest BCUT2D eigenvalue weighted by Gasteiger charge is 2.01. The van der Waals surface area contributed by atoms with E-state index >= 15 is 0 Å². The summed E-state index contributed by atoms with van der Waals surface area (Å²) >= 11 is 0. The van der Waals surface area contributed by atoms with E-state index in [1.54, 1.807) is 26.4 Å². The molecule has 0 aliphatic rings. The van der Waals surface area contributed by atoms with E-state index in [9.17, 15) is 0 Å². The van der Waals surface area contributed by atoms with Crippen LogP contribution in [-0.2, 0) is 11.2 Å². The van der Waals surface area contributed by atoms with Crippen molar-refractivity contribution in [3.8, 4) is 11.6 Å². The van der Waals surface area contributed by atoms with Crippen LogP contribution in [0.25, 0.3) is 0 Å². The Bertz CT molecular complexity index is 514. The van der Waals surface area contributed by atoms with Crippen molar-refractivity contribution in [2.45, 2.75) is 6.42 Å². The minimum absolute atomic E-state index is 0.518. The van der Waals surface area contributed by atoms with Gasteiger partial charge in [0.15, 0.2) is 0 Å². The molecule has 0 spiro atoms. The van der Waals surface area contributed by atoms with Gasteiger partial charge in [0.1, 0.15) is 5.75 Å². The molecule has 0 saturated heterocycles. The molecule has 5 heteroatoms. The third kappa shape index (κ3) is 3.93. The molecule has 0 radical (unpaired) electrons. The van der Waals surface area contributed by atoms with Crippen LogP contribution in [0.3, 0.4) is 0 Å². The lowest BCUT2D eigenvalue weighted by atomic mass is 10.1. The predicted octanol–water partition coefficient (Wildman–Crippen LogP) is 2.50. The monoisotopic (exact) mass is 259 g/mol. The number of methoxy groups -OCH3 is 1. The number of hydrogen-bond donors (Lipinski definition) is 1. The van der Waals surface area contributed by atoms with Crippen LogP contribution in [0.15, 0.2) is 36.5 Å². The predicted molar refractivity (Wildman–Crippen MR) is 73.7 cm³/mol. The molecule has 0 aliphatic carbocycles. The molecular formula is C14H17N3O2. The summed E-state index contributed by atoms with van der Waals surface area (Å²) in [5.41, 5.74) is 1.22. The lowest BCUT2D eigenvalue weighted by molar-refractivity contribution is 0.202. The average Bonchev–Trinajstić information content (AvgIpc) is 2.47. The standard InChI is InChI=1S/C14H17N3O2/c1-15-14-16-9-7-13(17-14)19-12-5-3-11(4-6-12)8-10-18-2/h3-7,9H,8,10H2,1-2H3,(H,15,16,17). The zero-order valence-electron chi connectivity index (χ0n) is 11.1. The van der Waals surface area contributed by atoms with E-state index in [4.69, 9.17) is 9.47 Å². The number of anilines is 1. The molecule has 0 aliphatic heterocycles. The molecule has 0 bridgehead atoms. The number of nitrogens with zero attached hydrogens (tertiary/aromatic N) is 2. The van der Waals surface area contributed by atoms with Crippen LogP contribution in [-0.4, -0.2) is 30.7 Å². The maximum absolute atomic E-state index is 5.66. The molecule has 0 amide bonds. The van der Waals surface area contributed by atoms with E-state index in [1.165, 1.54) is 5.56 Å². The van der Waals surface area contributed by atoms with Gasteiger partial charge in [0.2, 0.25) is 11.8 Å². The molecule has 0 atom stereocenters. The first kappa shape index (κ1) is 13.3. The Morgan fingerprint density at radius 1 is 1.16 bits per heavy atom. The minimum Gasteiger partial charge on any atom is -0.439 e. The van der Waals surface area contributed by atoms with Gasteiger partial charge in [-0.05, 0) is 24.1 Å². The number of benzene rings is 1. The quantitative estimate of drug-likeness (QED) is 0.863. The highest BCUT2D eigenvalue weighted by Crippen LogP contribution is 2.20. The lowest BCUT2D eigenvalue weighted by Gasteiger charge is -2.06. The first-order chi connectivity index (χ1) is 9.31. The summed E-state index contributed by atoms with van der Waals surface area (Å²) < 4.78 is 10.7. The van der Waals surface area contributed by atoms with Crippen LogP contribution in [0.5, 0.6) is 11.6 Å². The van der Waals surface area contributed by atoms with Crippen LogP contribution >= 0.6 is 0 Å². The Morgan fingerprint density at radius 2 is 1.95 bits per heavy atom. The first-order valence-corrected chi connectivity index (χ1v) is 6.08. The van der Waals surface area contributed by atoms with Crippen LogP contribution in [0, 0.1) is 0 Å². The maximum atomic E-state index is 5.66. The second-order valence-electron chi connectivity index (χ2n) is 3.96. The maximum Gasteiger partial charge on any atom is 0.225 e. The van der Waals surface area contributed by atoms with Crippen molar-refractivity contribution in [2.75, 3.05) is 26.1 Å². The average molecular weight is 259 g/mol. The fourth-order valence-electron chi connectivity index (χ4n) is 1.58. The Labute approximate surface area is 112 Å². The number of rotatable bonds is 6. The van der Waals surface area contributed by atoms with Gasteiger partial charge in [0.05, 0.1) is 6.61 Å². The van der Waals surface area contributed by atoms with E-state index in [0.29, 0.717) is 11.8 Å². The molecule has 1 aromatic heterocycles. The minimum atomic E-state index is 0.518. The normalized spacial score (nSPS) is 10.2. The smallest absolute Gasteiger partial charge is 0.225 e. The molecule has 1 heterocycles. The van der Waals surface area contributed by atoms with Crippen molar-refractivity contribution in [2.24, 2.45) is 0 Å². The van der Waals surface area contributed by atoms with Gasteiger partial charge in [-0.1, -0.05) is 12.1 Å². The Balaban J connectivity index is 2.02. The summed E-state index contributed by atoms with van der Waals surface area (Å²) in [5.74, 6) is 1.81. The molecule has 0 unspecified atom stereocenters. The van der Waals surface area contributed by atoms with Gasteiger partial charge in [-0.2, -0.15) is 4.98 Å². The summed E-state index contributed by atoms with van der Waals surface area (Å²) in [6.45, 7) is 0.720.